The quantitative estimate of drug-likeness (QED) is 0.403. The molecule has 0 saturated carbocycles. The second-order valence-electron chi connectivity index (χ2n) is 4.10. The SMILES string of the molecule is COC(=O)c1cc(N)ccc1Sc1ccc([N+](=O)[O-])cc1. The molecule has 0 radical (unpaired) electrons. The van der Waals surface area contributed by atoms with Crippen molar-refractivity contribution < 1.29 is 14.5 Å². The average Bonchev–Trinajstić information content (AvgIpc) is 2.48. The van der Waals surface area contributed by atoms with E-state index in [2.05, 4.69) is 0 Å². The highest BCUT2D eigenvalue weighted by molar-refractivity contribution is 7.99. The Kier molecular flexibility index (Phi) is 4.44. The minimum absolute atomic E-state index is 0.0184. The number of nitrogens with zero attached hydrogens (tertiary/aromatic N) is 1. The summed E-state index contributed by atoms with van der Waals surface area (Å²) >= 11 is 1.31. The van der Waals surface area contributed by atoms with E-state index in [1.807, 2.05) is 0 Å². The molecule has 0 spiro atoms. The molecule has 0 heterocycles. The lowest BCUT2D eigenvalue weighted by molar-refractivity contribution is -0.384. The number of benzene rings is 2. The number of rotatable bonds is 4. The summed E-state index contributed by atoms with van der Waals surface area (Å²) in [7, 11) is 1.30. The van der Waals surface area contributed by atoms with Crippen LogP contribution in [0, 0.1) is 10.1 Å². The number of carbonyl (C=O) groups is 1. The number of nitro benzene ring substituents is 1. The molecule has 0 bridgehead atoms. The van der Waals surface area contributed by atoms with Crippen LogP contribution in [0.5, 0.6) is 0 Å². The van der Waals surface area contributed by atoms with E-state index in [0.717, 1.165) is 4.90 Å². The Morgan fingerprint density at radius 2 is 1.90 bits per heavy atom. The molecule has 7 heteroatoms. The van der Waals surface area contributed by atoms with Crippen LogP contribution in [-0.2, 0) is 4.74 Å². The van der Waals surface area contributed by atoms with Gasteiger partial charge in [-0.15, -0.1) is 0 Å². The Bertz CT molecular complexity index is 686. The van der Waals surface area contributed by atoms with Gasteiger partial charge in [0.25, 0.3) is 5.69 Å². The Balaban J connectivity index is 2.30. The number of nitrogen functional groups attached to an aromatic ring is 1. The second-order valence-corrected chi connectivity index (χ2v) is 5.22. The lowest BCUT2D eigenvalue weighted by Crippen LogP contribution is -2.04. The van der Waals surface area contributed by atoms with Crippen molar-refractivity contribution in [3.8, 4) is 0 Å². The van der Waals surface area contributed by atoms with E-state index in [1.54, 1.807) is 30.3 Å². The fraction of sp³-hybridized carbons (Fsp3) is 0.0714. The summed E-state index contributed by atoms with van der Waals surface area (Å²) in [6, 6.07) is 11.0. The van der Waals surface area contributed by atoms with Gasteiger partial charge in [-0.05, 0) is 30.3 Å². The van der Waals surface area contributed by atoms with E-state index in [1.165, 1.54) is 31.0 Å². The number of methoxy groups -OCH3 is 1. The number of nitro groups is 1. The van der Waals surface area contributed by atoms with Gasteiger partial charge in [-0.1, -0.05) is 11.8 Å². The van der Waals surface area contributed by atoms with E-state index in [4.69, 9.17) is 10.5 Å². The molecule has 108 valence electrons. The summed E-state index contributed by atoms with van der Waals surface area (Å²) in [6.07, 6.45) is 0. The minimum atomic E-state index is -0.480. The van der Waals surface area contributed by atoms with Crippen molar-refractivity contribution in [3.05, 3.63) is 58.1 Å². The van der Waals surface area contributed by atoms with Crippen LogP contribution in [-0.4, -0.2) is 18.0 Å². The maximum absolute atomic E-state index is 11.7. The summed E-state index contributed by atoms with van der Waals surface area (Å²) in [5.74, 6) is -0.480. The molecule has 0 fully saturated rings. The van der Waals surface area contributed by atoms with Crippen LogP contribution in [0.25, 0.3) is 0 Å². The van der Waals surface area contributed by atoms with Crippen molar-refractivity contribution in [2.45, 2.75) is 9.79 Å². The van der Waals surface area contributed by atoms with Crippen molar-refractivity contribution in [1.29, 1.82) is 0 Å². The normalized spacial score (nSPS) is 10.1. The van der Waals surface area contributed by atoms with Crippen molar-refractivity contribution in [2.24, 2.45) is 0 Å². The van der Waals surface area contributed by atoms with Gasteiger partial charge in [0, 0.05) is 27.6 Å². The van der Waals surface area contributed by atoms with Gasteiger partial charge in [0.1, 0.15) is 0 Å². The number of anilines is 1. The molecule has 0 atom stereocenters. The zero-order valence-electron chi connectivity index (χ0n) is 11.1. The molecule has 0 aliphatic heterocycles. The second kappa shape index (κ2) is 6.27. The number of esters is 1. The van der Waals surface area contributed by atoms with Gasteiger partial charge in [-0.2, -0.15) is 0 Å². The van der Waals surface area contributed by atoms with Crippen molar-refractivity contribution >= 4 is 29.1 Å². The van der Waals surface area contributed by atoms with Crippen LogP contribution >= 0.6 is 11.8 Å². The van der Waals surface area contributed by atoms with Gasteiger partial charge < -0.3 is 10.5 Å². The molecule has 6 nitrogen and oxygen atoms in total. The third-order valence-corrected chi connectivity index (χ3v) is 3.77. The monoisotopic (exact) mass is 304 g/mol. The van der Waals surface area contributed by atoms with Crippen molar-refractivity contribution in [2.75, 3.05) is 12.8 Å². The molecule has 0 aliphatic rings. The maximum atomic E-state index is 11.7. The number of carbonyl (C=O) groups excluding carboxylic acids is 1. The first kappa shape index (κ1) is 14.9. The maximum Gasteiger partial charge on any atom is 0.339 e. The zero-order chi connectivity index (χ0) is 15.4. The first-order valence-corrected chi connectivity index (χ1v) is 6.73. The Morgan fingerprint density at radius 3 is 2.48 bits per heavy atom. The van der Waals surface area contributed by atoms with E-state index in [-0.39, 0.29) is 5.69 Å². The molecule has 2 rings (SSSR count). The van der Waals surface area contributed by atoms with Crippen LogP contribution < -0.4 is 5.73 Å². The van der Waals surface area contributed by atoms with Crippen molar-refractivity contribution in [1.82, 2.24) is 0 Å². The highest BCUT2D eigenvalue weighted by Crippen LogP contribution is 2.32. The summed E-state index contributed by atoms with van der Waals surface area (Å²) in [5, 5.41) is 10.6. The van der Waals surface area contributed by atoms with Gasteiger partial charge in [0.15, 0.2) is 0 Å². The predicted molar refractivity (Wildman–Crippen MR) is 79.4 cm³/mol. The molecule has 0 aromatic heterocycles. The van der Waals surface area contributed by atoms with Gasteiger partial charge in [0.05, 0.1) is 17.6 Å². The van der Waals surface area contributed by atoms with E-state index in [9.17, 15) is 14.9 Å². The Morgan fingerprint density at radius 1 is 1.24 bits per heavy atom. The number of nitrogens with two attached hydrogens (primary N) is 1. The first-order chi connectivity index (χ1) is 10.0. The van der Waals surface area contributed by atoms with E-state index >= 15 is 0 Å². The third kappa shape index (κ3) is 3.51. The van der Waals surface area contributed by atoms with Gasteiger partial charge in [0.2, 0.25) is 0 Å². The Labute approximate surface area is 125 Å². The molecule has 0 unspecified atom stereocenters. The lowest BCUT2D eigenvalue weighted by Gasteiger charge is -2.08. The lowest BCUT2D eigenvalue weighted by atomic mass is 10.2. The van der Waals surface area contributed by atoms with Gasteiger partial charge >= 0.3 is 5.97 Å². The number of hydrogen-bond acceptors (Lipinski definition) is 6. The highest BCUT2D eigenvalue weighted by Gasteiger charge is 2.14. The topological polar surface area (TPSA) is 95.5 Å². The minimum Gasteiger partial charge on any atom is -0.465 e. The number of ether oxygens (including phenoxy) is 1. The van der Waals surface area contributed by atoms with Crippen LogP contribution in [0.2, 0.25) is 0 Å². The fourth-order valence-corrected chi connectivity index (χ4v) is 2.58. The Hall–Kier alpha value is -2.54. The molecule has 2 aromatic rings. The van der Waals surface area contributed by atoms with Crippen LogP contribution in [0.4, 0.5) is 11.4 Å². The third-order valence-electron chi connectivity index (χ3n) is 2.68. The van der Waals surface area contributed by atoms with Crippen molar-refractivity contribution in [3.63, 3.8) is 0 Å². The molecular formula is C14H12N2O4S. The van der Waals surface area contributed by atoms with Crippen LogP contribution in [0.3, 0.4) is 0 Å². The zero-order valence-corrected chi connectivity index (χ0v) is 11.9. The summed E-state index contributed by atoms with van der Waals surface area (Å²) < 4.78 is 4.72. The average molecular weight is 304 g/mol. The van der Waals surface area contributed by atoms with Gasteiger partial charge in [-0.3, -0.25) is 10.1 Å². The summed E-state index contributed by atoms with van der Waals surface area (Å²) in [6.45, 7) is 0. The van der Waals surface area contributed by atoms with Gasteiger partial charge in [-0.25, -0.2) is 4.79 Å². The van der Waals surface area contributed by atoms with E-state index in [0.29, 0.717) is 16.1 Å². The number of non-ortho nitro benzene ring substituents is 1. The van der Waals surface area contributed by atoms with E-state index < -0.39 is 10.9 Å². The molecule has 2 aromatic carbocycles. The molecule has 0 aliphatic carbocycles. The molecule has 0 saturated heterocycles. The predicted octanol–water partition coefficient (Wildman–Crippen LogP) is 3.11. The molecule has 0 amide bonds. The largest absolute Gasteiger partial charge is 0.465 e. The molecule has 2 N–H and O–H groups in total. The summed E-state index contributed by atoms with van der Waals surface area (Å²) in [4.78, 5) is 23.3. The first-order valence-electron chi connectivity index (χ1n) is 5.91. The smallest absolute Gasteiger partial charge is 0.339 e. The molecule has 21 heavy (non-hydrogen) atoms. The van der Waals surface area contributed by atoms with Crippen LogP contribution in [0.1, 0.15) is 10.4 Å². The molecular weight excluding hydrogens is 292 g/mol. The van der Waals surface area contributed by atoms with Crippen LogP contribution in [0.15, 0.2) is 52.3 Å². The number of hydrogen-bond donors (Lipinski definition) is 1. The standard InChI is InChI=1S/C14H12N2O4S/c1-20-14(17)12-8-9(15)2-7-13(12)21-11-5-3-10(4-6-11)16(18)19/h2-8H,15H2,1H3. The fourth-order valence-electron chi connectivity index (χ4n) is 1.67. The summed E-state index contributed by atoms with van der Waals surface area (Å²) in [5.41, 5.74) is 6.52. The highest BCUT2D eigenvalue weighted by atomic mass is 32.2.